The number of anilines is 1. The van der Waals surface area contributed by atoms with Crippen molar-refractivity contribution in [3.05, 3.63) is 60.3 Å². The lowest BCUT2D eigenvalue weighted by Crippen LogP contribution is -2.32. The Kier molecular flexibility index (Phi) is 6.67. The summed E-state index contributed by atoms with van der Waals surface area (Å²) in [6.45, 7) is 2.02. The van der Waals surface area contributed by atoms with Crippen LogP contribution in [0.5, 0.6) is 0 Å². The minimum atomic E-state index is -0.225. The summed E-state index contributed by atoms with van der Waals surface area (Å²) >= 11 is 0. The number of para-hydroxylation sites is 1. The number of hydrogen-bond acceptors (Lipinski definition) is 4. The first-order valence-electron chi connectivity index (χ1n) is 7.61. The van der Waals surface area contributed by atoms with Gasteiger partial charge in [-0.25, -0.2) is 4.99 Å². The third-order valence-corrected chi connectivity index (χ3v) is 3.13. The van der Waals surface area contributed by atoms with Gasteiger partial charge in [0.2, 0.25) is 0 Å². The Morgan fingerprint density at radius 2 is 2.17 bits per heavy atom. The van der Waals surface area contributed by atoms with Gasteiger partial charge in [-0.1, -0.05) is 24.3 Å². The summed E-state index contributed by atoms with van der Waals surface area (Å²) in [5, 5.41) is 16.0. The molecule has 0 spiro atoms. The maximum absolute atomic E-state index is 12.4. The van der Waals surface area contributed by atoms with Crippen LogP contribution in [0.15, 0.2) is 59.6 Å². The van der Waals surface area contributed by atoms with Crippen molar-refractivity contribution in [3.63, 3.8) is 0 Å². The van der Waals surface area contributed by atoms with E-state index in [1.165, 1.54) is 11.0 Å². The lowest BCUT2D eigenvalue weighted by Gasteiger charge is -2.20. The van der Waals surface area contributed by atoms with Crippen LogP contribution in [0, 0.1) is 0 Å². The number of aliphatic hydroxyl groups is 1. The molecule has 24 heavy (non-hydrogen) atoms. The number of rotatable bonds is 7. The standard InChI is InChI=1S/C18H20N4O2/c1-2-3-11-19-17-14-15(20-21-17)9-10-18(24)22(12-13-23)16-7-5-4-6-8-16/h2-11,14,23H,12-13H2,1H3,(H,20,21)/b3-2-,10-9+,19-11-. The second-order valence-corrected chi connectivity index (χ2v) is 4.86. The van der Waals surface area contributed by atoms with Crippen LogP contribution in [0.3, 0.4) is 0 Å². The first kappa shape index (κ1) is 17.4. The average Bonchev–Trinajstić information content (AvgIpc) is 3.06. The molecule has 0 bridgehead atoms. The lowest BCUT2D eigenvalue weighted by atomic mass is 10.2. The predicted molar refractivity (Wildman–Crippen MR) is 96.5 cm³/mol. The van der Waals surface area contributed by atoms with Gasteiger partial charge in [-0.2, -0.15) is 5.10 Å². The number of nitrogens with zero attached hydrogens (tertiary/aromatic N) is 3. The van der Waals surface area contributed by atoms with E-state index in [-0.39, 0.29) is 19.1 Å². The van der Waals surface area contributed by atoms with Crippen molar-refractivity contribution in [2.45, 2.75) is 6.92 Å². The van der Waals surface area contributed by atoms with Gasteiger partial charge >= 0.3 is 0 Å². The summed E-state index contributed by atoms with van der Waals surface area (Å²) in [5.41, 5.74) is 1.34. The minimum absolute atomic E-state index is 0.110. The van der Waals surface area contributed by atoms with E-state index >= 15 is 0 Å². The highest BCUT2D eigenvalue weighted by molar-refractivity contribution is 6.03. The molecule has 1 aromatic carbocycles. The molecule has 0 aliphatic heterocycles. The molecule has 2 rings (SSSR count). The summed E-state index contributed by atoms with van der Waals surface area (Å²) in [7, 11) is 0. The highest BCUT2D eigenvalue weighted by atomic mass is 16.3. The Morgan fingerprint density at radius 3 is 2.88 bits per heavy atom. The van der Waals surface area contributed by atoms with E-state index in [4.69, 9.17) is 0 Å². The predicted octanol–water partition coefficient (Wildman–Crippen LogP) is 2.73. The molecule has 0 atom stereocenters. The molecule has 0 aliphatic rings. The van der Waals surface area contributed by atoms with Crippen LogP contribution in [0.25, 0.3) is 6.08 Å². The summed E-state index contributed by atoms with van der Waals surface area (Å²) in [6.07, 6.45) is 8.38. The van der Waals surface area contributed by atoms with Gasteiger partial charge in [-0.15, -0.1) is 0 Å². The molecule has 0 aliphatic carbocycles. The second kappa shape index (κ2) is 9.22. The van der Waals surface area contributed by atoms with E-state index in [0.29, 0.717) is 11.5 Å². The molecule has 1 amide bonds. The zero-order valence-electron chi connectivity index (χ0n) is 13.5. The first-order chi connectivity index (χ1) is 11.7. The van der Waals surface area contributed by atoms with Gasteiger partial charge in [0, 0.05) is 30.6 Å². The average molecular weight is 324 g/mol. The molecule has 6 nitrogen and oxygen atoms in total. The molecule has 0 fully saturated rings. The van der Waals surface area contributed by atoms with E-state index in [1.54, 1.807) is 18.4 Å². The van der Waals surface area contributed by atoms with Gasteiger partial charge in [-0.05, 0) is 31.2 Å². The summed E-state index contributed by atoms with van der Waals surface area (Å²) in [5.74, 6) is 0.382. The Morgan fingerprint density at radius 1 is 1.38 bits per heavy atom. The number of benzene rings is 1. The highest BCUT2D eigenvalue weighted by Crippen LogP contribution is 2.14. The van der Waals surface area contributed by atoms with Crippen molar-refractivity contribution < 1.29 is 9.90 Å². The molecular weight excluding hydrogens is 304 g/mol. The monoisotopic (exact) mass is 324 g/mol. The number of hydrogen-bond donors (Lipinski definition) is 2. The van der Waals surface area contributed by atoms with Crippen molar-refractivity contribution in [1.29, 1.82) is 0 Å². The molecule has 0 radical (unpaired) electrons. The molecule has 0 saturated carbocycles. The Balaban J connectivity index is 2.07. The maximum atomic E-state index is 12.4. The third-order valence-electron chi connectivity index (χ3n) is 3.13. The van der Waals surface area contributed by atoms with Crippen molar-refractivity contribution in [3.8, 4) is 0 Å². The summed E-state index contributed by atoms with van der Waals surface area (Å²) in [6, 6.07) is 11.0. The molecule has 2 aromatic rings. The first-order valence-corrected chi connectivity index (χ1v) is 7.61. The van der Waals surface area contributed by atoms with Crippen LogP contribution < -0.4 is 4.90 Å². The van der Waals surface area contributed by atoms with Crippen molar-refractivity contribution in [1.82, 2.24) is 10.2 Å². The minimum Gasteiger partial charge on any atom is -0.395 e. The topological polar surface area (TPSA) is 81.6 Å². The van der Waals surface area contributed by atoms with Gasteiger partial charge in [-0.3, -0.25) is 9.89 Å². The molecular formula is C18H20N4O2. The van der Waals surface area contributed by atoms with E-state index in [9.17, 15) is 9.90 Å². The number of aromatic amines is 1. The molecule has 2 N–H and O–H groups in total. The Hall–Kier alpha value is -2.99. The number of amides is 1. The van der Waals surface area contributed by atoms with Gasteiger partial charge < -0.3 is 10.0 Å². The Bertz CT molecular complexity index is 732. The van der Waals surface area contributed by atoms with E-state index in [1.807, 2.05) is 49.4 Å². The number of allylic oxidation sites excluding steroid dienone is 2. The molecule has 6 heteroatoms. The zero-order chi connectivity index (χ0) is 17.2. The van der Waals surface area contributed by atoms with Gasteiger partial charge in [0.25, 0.3) is 5.91 Å². The fourth-order valence-electron chi connectivity index (χ4n) is 2.01. The fraction of sp³-hybridized carbons (Fsp3) is 0.167. The normalized spacial score (nSPS) is 11.8. The lowest BCUT2D eigenvalue weighted by molar-refractivity contribution is -0.114. The van der Waals surface area contributed by atoms with Gasteiger partial charge in [0.15, 0.2) is 0 Å². The zero-order valence-corrected chi connectivity index (χ0v) is 13.5. The van der Waals surface area contributed by atoms with Crippen molar-refractivity contribution >= 4 is 29.7 Å². The number of aromatic nitrogens is 2. The van der Waals surface area contributed by atoms with Crippen LogP contribution in [-0.4, -0.2) is 40.6 Å². The molecule has 0 saturated heterocycles. The number of nitrogens with one attached hydrogen (secondary N) is 1. The number of carbonyl (C=O) groups is 1. The SMILES string of the molecule is C/C=C\C=N/c1cc(/C=C/C(=O)N(CCO)c2ccccc2)n[nH]1. The third kappa shape index (κ3) is 5.03. The van der Waals surface area contributed by atoms with Crippen LogP contribution >= 0.6 is 0 Å². The number of carbonyl (C=O) groups excluding carboxylic acids is 1. The van der Waals surface area contributed by atoms with Crippen LogP contribution in [0.2, 0.25) is 0 Å². The molecule has 1 heterocycles. The van der Waals surface area contributed by atoms with Crippen LogP contribution in [0.4, 0.5) is 11.5 Å². The van der Waals surface area contributed by atoms with E-state index in [2.05, 4.69) is 15.2 Å². The van der Waals surface area contributed by atoms with Crippen LogP contribution in [-0.2, 0) is 4.79 Å². The van der Waals surface area contributed by atoms with Gasteiger partial charge in [0.05, 0.1) is 12.3 Å². The van der Waals surface area contributed by atoms with Crippen molar-refractivity contribution in [2.24, 2.45) is 4.99 Å². The second-order valence-electron chi connectivity index (χ2n) is 4.86. The van der Waals surface area contributed by atoms with E-state index in [0.717, 1.165) is 5.69 Å². The maximum Gasteiger partial charge on any atom is 0.251 e. The number of H-pyrrole nitrogens is 1. The van der Waals surface area contributed by atoms with Crippen LogP contribution in [0.1, 0.15) is 12.6 Å². The number of aliphatic hydroxyl groups excluding tert-OH is 1. The summed E-state index contributed by atoms with van der Waals surface area (Å²) < 4.78 is 0. The summed E-state index contributed by atoms with van der Waals surface area (Å²) in [4.78, 5) is 18.0. The smallest absolute Gasteiger partial charge is 0.251 e. The quantitative estimate of drug-likeness (QED) is 0.607. The Labute approximate surface area is 140 Å². The van der Waals surface area contributed by atoms with Crippen molar-refractivity contribution in [2.75, 3.05) is 18.1 Å². The molecule has 124 valence electrons. The van der Waals surface area contributed by atoms with E-state index < -0.39 is 0 Å². The van der Waals surface area contributed by atoms with Gasteiger partial charge in [0.1, 0.15) is 5.82 Å². The fourth-order valence-corrected chi connectivity index (χ4v) is 2.01. The number of aliphatic imine (C=N–C) groups is 1. The molecule has 1 aromatic heterocycles. The largest absolute Gasteiger partial charge is 0.395 e. The molecule has 0 unspecified atom stereocenters. The highest BCUT2D eigenvalue weighted by Gasteiger charge is 2.12.